The molecule has 1 N–H and O–H groups in total. The molecule has 0 heterocycles. The van der Waals surface area contributed by atoms with E-state index in [4.69, 9.17) is 4.43 Å². The average Bonchev–Trinajstić information content (AvgIpc) is 2.65. The van der Waals surface area contributed by atoms with E-state index in [9.17, 15) is 9.65 Å². The van der Waals surface area contributed by atoms with Crippen LogP contribution in [0.5, 0.6) is 0 Å². The molecule has 5 heteroatoms. The molecule has 1 aliphatic carbocycles. The number of hydrogen-bond donors (Lipinski definition) is 1. The normalized spacial score (nSPS) is 20.6. The SMILES string of the molecule is C[Si](C)(C)OC[C@H](N[C@]1(C#N)CCCc2ccc(F)cc21)c1ccccc1. The highest BCUT2D eigenvalue weighted by molar-refractivity contribution is 6.69. The van der Waals surface area contributed by atoms with E-state index in [1.807, 2.05) is 36.4 Å². The minimum Gasteiger partial charge on any atom is -0.416 e. The predicted molar refractivity (Wildman–Crippen MR) is 108 cm³/mol. The van der Waals surface area contributed by atoms with Crippen LogP contribution in [0, 0.1) is 17.1 Å². The lowest BCUT2D eigenvalue weighted by atomic mass is 9.76. The summed E-state index contributed by atoms with van der Waals surface area (Å²) in [6.07, 6.45) is 2.44. The highest BCUT2D eigenvalue weighted by Gasteiger charge is 2.39. The van der Waals surface area contributed by atoms with Gasteiger partial charge in [0.2, 0.25) is 0 Å². The molecule has 0 unspecified atom stereocenters. The molecule has 0 radical (unpaired) electrons. The van der Waals surface area contributed by atoms with E-state index in [0.29, 0.717) is 13.0 Å². The average molecular weight is 383 g/mol. The summed E-state index contributed by atoms with van der Waals surface area (Å²) in [5, 5.41) is 13.7. The summed E-state index contributed by atoms with van der Waals surface area (Å²) in [7, 11) is -1.72. The number of rotatable bonds is 6. The fourth-order valence-corrected chi connectivity index (χ4v) is 4.34. The lowest BCUT2D eigenvalue weighted by Gasteiger charge is -2.38. The Labute approximate surface area is 162 Å². The summed E-state index contributed by atoms with van der Waals surface area (Å²) in [4.78, 5) is 0. The molecule has 0 saturated heterocycles. The molecule has 2 aromatic carbocycles. The smallest absolute Gasteiger partial charge is 0.183 e. The molecule has 0 aromatic heterocycles. The lowest BCUT2D eigenvalue weighted by molar-refractivity contribution is 0.220. The number of nitrogens with one attached hydrogen (secondary N) is 1. The summed E-state index contributed by atoms with van der Waals surface area (Å²) in [5.41, 5.74) is 1.99. The molecular weight excluding hydrogens is 355 g/mol. The first-order valence-corrected chi connectivity index (χ1v) is 12.9. The zero-order valence-corrected chi connectivity index (χ0v) is 17.3. The second-order valence-electron chi connectivity index (χ2n) is 8.20. The maximum atomic E-state index is 14.0. The van der Waals surface area contributed by atoms with Gasteiger partial charge in [0.15, 0.2) is 8.32 Å². The van der Waals surface area contributed by atoms with E-state index in [1.165, 1.54) is 12.1 Å². The summed E-state index contributed by atoms with van der Waals surface area (Å²) in [6.45, 7) is 6.95. The van der Waals surface area contributed by atoms with E-state index >= 15 is 0 Å². The summed E-state index contributed by atoms with van der Waals surface area (Å²) < 4.78 is 20.2. The van der Waals surface area contributed by atoms with E-state index in [1.54, 1.807) is 0 Å². The minimum absolute atomic E-state index is 0.133. The van der Waals surface area contributed by atoms with Gasteiger partial charge in [0.05, 0.1) is 18.7 Å². The topological polar surface area (TPSA) is 45.0 Å². The van der Waals surface area contributed by atoms with Gasteiger partial charge in [-0.2, -0.15) is 5.26 Å². The third-order valence-electron chi connectivity index (χ3n) is 5.03. The Morgan fingerprint density at radius 3 is 2.63 bits per heavy atom. The predicted octanol–water partition coefficient (Wildman–Crippen LogP) is 5.06. The van der Waals surface area contributed by atoms with Crippen LogP contribution in [0.25, 0.3) is 0 Å². The zero-order valence-electron chi connectivity index (χ0n) is 16.3. The summed E-state index contributed by atoms with van der Waals surface area (Å²) in [5.74, 6) is -0.299. The molecule has 0 saturated carbocycles. The first kappa shape index (κ1) is 19.8. The Balaban J connectivity index is 1.97. The first-order chi connectivity index (χ1) is 12.8. The lowest BCUT2D eigenvalue weighted by Crippen LogP contribution is -2.47. The van der Waals surface area contributed by atoms with Crippen LogP contribution in [0.3, 0.4) is 0 Å². The van der Waals surface area contributed by atoms with Crippen LogP contribution >= 0.6 is 0 Å². The molecule has 0 bridgehead atoms. The van der Waals surface area contributed by atoms with Crippen LogP contribution in [-0.2, 0) is 16.4 Å². The van der Waals surface area contributed by atoms with Gasteiger partial charge in [0.1, 0.15) is 11.4 Å². The minimum atomic E-state index is -1.72. The molecule has 2 aromatic rings. The monoisotopic (exact) mass is 382 g/mol. The third-order valence-corrected chi connectivity index (χ3v) is 6.06. The van der Waals surface area contributed by atoms with Gasteiger partial charge in [0.25, 0.3) is 0 Å². The molecule has 0 fully saturated rings. The standard InChI is InChI=1S/C22H27FN2OSi/c1-27(2,3)26-15-21(18-8-5-4-6-9-18)25-22(16-24)13-7-10-17-11-12-19(23)14-20(17)22/h4-6,8-9,11-12,14,21,25H,7,10,13,15H2,1-3H3/t21-,22-/m0/s1. The number of hydrogen-bond acceptors (Lipinski definition) is 3. The maximum absolute atomic E-state index is 14.0. The van der Waals surface area contributed by atoms with Crippen molar-refractivity contribution in [3.8, 4) is 6.07 Å². The quantitative estimate of drug-likeness (QED) is 0.710. The van der Waals surface area contributed by atoms with E-state index in [-0.39, 0.29) is 11.9 Å². The molecule has 142 valence electrons. The second kappa shape index (κ2) is 7.93. The van der Waals surface area contributed by atoms with Crippen LogP contribution in [-0.4, -0.2) is 14.9 Å². The van der Waals surface area contributed by atoms with Crippen molar-refractivity contribution in [2.45, 2.75) is 50.5 Å². The van der Waals surface area contributed by atoms with Crippen molar-refractivity contribution in [3.05, 3.63) is 71.0 Å². The fourth-order valence-electron chi connectivity index (χ4n) is 3.68. The van der Waals surface area contributed by atoms with E-state index in [2.05, 4.69) is 31.0 Å². The van der Waals surface area contributed by atoms with Gasteiger partial charge >= 0.3 is 0 Å². The van der Waals surface area contributed by atoms with Crippen LogP contribution in [0.4, 0.5) is 4.39 Å². The molecule has 1 aliphatic rings. The molecular formula is C22H27FN2OSi. The number of fused-ring (bicyclic) bond motifs is 1. The van der Waals surface area contributed by atoms with Gasteiger partial charge < -0.3 is 4.43 Å². The van der Waals surface area contributed by atoms with Crippen LogP contribution < -0.4 is 5.32 Å². The van der Waals surface area contributed by atoms with Crippen LogP contribution in [0.15, 0.2) is 48.5 Å². The Hall–Kier alpha value is -2.00. The molecule has 0 aliphatic heterocycles. The number of nitriles is 1. The molecule has 3 rings (SSSR count). The summed E-state index contributed by atoms with van der Waals surface area (Å²) in [6, 6.07) is 17.2. The molecule has 0 spiro atoms. The molecule has 3 nitrogen and oxygen atoms in total. The van der Waals surface area contributed by atoms with E-state index < -0.39 is 13.9 Å². The summed E-state index contributed by atoms with van der Waals surface area (Å²) >= 11 is 0. The van der Waals surface area contributed by atoms with Crippen molar-refractivity contribution in [3.63, 3.8) is 0 Å². The largest absolute Gasteiger partial charge is 0.416 e. The number of benzene rings is 2. The number of nitrogens with zero attached hydrogens (tertiary/aromatic N) is 1. The van der Waals surface area contributed by atoms with Crippen molar-refractivity contribution in [1.82, 2.24) is 5.32 Å². The van der Waals surface area contributed by atoms with Crippen LogP contribution in [0.2, 0.25) is 19.6 Å². The Morgan fingerprint density at radius 2 is 1.96 bits per heavy atom. The van der Waals surface area contributed by atoms with Gasteiger partial charge in [-0.05, 0) is 67.7 Å². The molecule has 0 amide bonds. The molecule has 2 atom stereocenters. The van der Waals surface area contributed by atoms with Gasteiger partial charge in [-0.3, -0.25) is 5.32 Å². The van der Waals surface area contributed by atoms with Crippen molar-refractivity contribution in [1.29, 1.82) is 5.26 Å². The first-order valence-electron chi connectivity index (χ1n) is 9.50. The van der Waals surface area contributed by atoms with Crippen molar-refractivity contribution in [2.75, 3.05) is 6.61 Å². The Bertz CT molecular complexity index is 828. The van der Waals surface area contributed by atoms with Gasteiger partial charge in [-0.15, -0.1) is 0 Å². The number of aryl methyl sites for hydroxylation is 1. The van der Waals surface area contributed by atoms with E-state index in [0.717, 1.165) is 29.5 Å². The zero-order chi connectivity index (χ0) is 19.5. The highest BCUT2D eigenvalue weighted by atomic mass is 28.4. The van der Waals surface area contributed by atoms with Gasteiger partial charge in [-0.25, -0.2) is 4.39 Å². The van der Waals surface area contributed by atoms with Crippen molar-refractivity contribution >= 4 is 8.32 Å². The van der Waals surface area contributed by atoms with Gasteiger partial charge in [-0.1, -0.05) is 36.4 Å². The molecule has 27 heavy (non-hydrogen) atoms. The van der Waals surface area contributed by atoms with Crippen molar-refractivity contribution in [2.24, 2.45) is 0 Å². The number of halogens is 1. The highest BCUT2D eigenvalue weighted by Crippen LogP contribution is 2.37. The Morgan fingerprint density at radius 1 is 1.22 bits per heavy atom. The third kappa shape index (κ3) is 4.65. The second-order valence-corrected chi connectivity index (χ2v) is 12.7. The fraction of sp³-hybridized carbons (Fsp3) is 0.409. The van der Waals surface area contributed by atoms with Crippen molar-refractivity contribution < 1.29 is 8.82 Å². The Kier molecular flexibility index (Phi) is 5.80. The maximum Gasteiger partial charge on any atom is 0.183 e. The van der Waals surface area contributed by atoms with Crippen LogP contribution in [0.1, 0.15) is 35.6 Å². The van der Waals surface area contributed by atoms with Gasteiger partial charge in [0, 0.05) is 0 Å².